The fraction of sp³-hybridized carbons (Fsp3) is 0.188. The van der Waals surface area contributed by atoms with Gasteiger partial charge in [0.05, 0.1) is 11.0 Å². The summed E-state index contributed by atoms with van der Waals surface area (Å²) < 4.78 is 3.23. The third kappa shape index (κ3) is 2.05. The number of benzene rings is 2. The number of nitrogens with zero attached hydrogens (tertiary/aromatic N) is 2. The highest BCUT2D eigenvalue weighted by molar-refractivity contribution is 9.10. The smallest absolute Gasteiger partial charge is 0.141 e. The van der Waals surface area contributed by atoms with Gasteiger partial charge in [0, 0.05) is 23.6 Å². The van der Waals surface area contributed by atoms with Gasteiger partial charge in [0.25, 0.3) is 0 Å². The number of aryl methyl sites for hydroxylation is 1. The van der Waals surface area contributed by atoms with Crippen LogP contribution in [-0.2, 0) is 13.6 Å². The predicted molar refractivity (Wildman–Crippen MR) is 86.5 cm³/mol. The number of aromatic nitrogens is 2. The van der Waals surface area contributed by atoms with Crippen LogP contribution in [0, 0.1) is 6.92 Å². The number of halogens is 1. The average molecular weight is 330 g/mol. The van der Waals surface area contributed by atoms with Crippen LogP contribution < -0.4 is 5.73 Å². The summed E-state index contributed by atoms with van der Waals surface area (Å²) in [4.78, 5) is 4.76. The number of fused-ring (bicyclic) bond motifs is 1. The van der Waals surface area contributed by atoms with E-state index in [-0.39, 0.29) is 0 Å². The van der Waals surface area contributed by atoms with Crippen molar-refractivity contribution in [2.75, 3.05) is 0 Å². The van der Waals surface area contributed by atoms with Crippen LogP contribution in [0.1, 0.15) is 11.1 Å². The Morgan fingerprint density at radius 3 is 2.80 bits per heavy atom. The lowest BCUT2D eigenvalue weighted by Crippen LogP contribution is -1.97. The van der Waals surface area contributed by atoms with E-state index >= 15 is 0 Å². The van der Waals surface area contributed by atoms with Gasteiger partial charge in [0.1, 0.15) is 5.82 Å². The minimum absolute atomic E-state index is 0.548. The normalized spacial score (nSPS) is 11.2. The lowest BCUT2D eigenvalue weighted by Gasteiger charge is -2.07. The van der Waals surface area contributed by atoms with Crippen molar-refractivity contribution in [3.05, 3.63) is 52.0 Å². The van der Waals surface area contributed by atoms with Crippen molar-refractivity contribution in [3.63, 3.8) is 0 Å². The highest BCUT2D eigenvalue weighted by Crippen LogP contribution is 2.30. The van der Waals surface area contributed by atoms with Crippen molar-refractivity contribution in [1.82, 2.24) is 9.55 Å². The Balaban J connectivity index is 2.27. The molecule has 0 atom stereocenters. The molecule has 0 amide bonds. The molecule has 0 saturated carbocycles. The first-order valence-corrected chi connectivity index (χ1v) is 7.32. The molecule has 3 nitrogen and oxygen atoms in total. The van der Waals surface area contributed by atoms with Crippen molar-refractivity contribution >= 4 is 27.0 Å². The average Bonchev–Trinajstić information content (AvgIpc) is 2.78. The van der Waals surface area contributed by atoms with Gasteiger partial charge in [-0.1, -0.05) is 34.1 Å². The zero-order valence-corrected chi connectivity index (χ0v) is 13.1. The first kappa shape index (κ1) is 13.3. The molecular formula is C16H16BrN3. The van der Waals surface area contributed by atoms with Gasteiger partial charge in [-0.2, -0.15) is 0 Å². The quantitative estimate of drug-likeness (QED) is 0.777. The van der Waals surface area contributed by atoms with Gasteiger partial charge in [-0.15, -0.1) is 0 Å². The molecule has 0 aliphatic carbocycles. The van der Waals surface area contributed by atoms with E-state index in [1.807, 2.05) is 31.3 Å². The van der Waals surface area contributed by atoms with Gasteiger partial charge in [-0.3, -0.25) is 0 Å². The van der Waals surface area contributed by atoms with Crippen molar-refractivity contribution in [2.24, 2.45) is 12.8 Å². The van der Waals surface area contributed by atoms with Crippen LogP contribution in [-0.4, -0.2) is 9.55 Å². The van der Waals surface area contributed by atoms with E-state index in [4.69, 9.17) is 10.7 Å². The summed E-state index contributed by atoms with van der Waals surface area (Å²) in [5.74, 6) is 0.980. The minimum Gasteiger partial charge on any atom is -0.327 e. The zero-order chi connectivity index (χ0) is 14.3. The largest absolute Gasteiger partial charge is 0.327 e. The van der Waals surface area contributed by atoms with Crippen molar-refractivity contribution in [3.8, 4) is 11.4 Å². The number of rotatable bonds is 2. The summed E-state index contributed by atoms with van der Waals surface area (Å²) in [5.41, 5.74) is 11.3. The molecule has 0 aliphatic rings. The molecule has 1 aromatic heterocycles. The van der Waals surface area contributed by atoms with E-state index in [9.17, 15) is 0 Å². The van der Waals surface area contributed by atoms with Crippen LogP contribution in [0.25, 0.3) is 22.4 Å². The Morgan fingerprint density at radius 1 is 1.25 bits per heavy atom. The summed E-state index contributed by atoms with van der Waals surface area (Å²) in [6, 6.07) is 12.4. The molecule has 3 rings (SSSR count). The summed E-state index contributed by atoms with van der Waals surface area (Å²) in [5, 5.41) is 0. The second-order valence-corrected chi connectivity index (χ2v) is 5.79. The minimum atomic E-state index is 0.548. The van der Waals surface area contributed by atoms with Gasteiger partial charge in [0.2, 0.25) is 0 Å². The Kier molecular flexibility index (Phi) is 3.36. The first-order chi connectivity index (χ1) is 9.61. The maximum absolute atomic E-state index is 5.72. The predicted octanol–water partition coefficient (Wildman–Crippen LogP) is 3.77. The Labute approximate surface area is 126 Å². The number of imidazole rings is 1. The van der Waals surface area contributed by atoms with E-state index in [0.29, 0.717) is 6.54 Å². The van der Waals surface area contributed by atoms with Crippen LogP contribution in [0.3, 0.4) is 0 Å². The lowest BCUT2D eigenvalue weighted by molar-refractivity contribution is 0.954. The molecule has 3 aromatic rings. The summed E-state index contributed by atoms with van der Waals surface area (Å²) in [6.45, 7) is 2.65. The molecule has 0 fully saturated rings. The van der Waals surface area contributed by atoms with Crippen LogP contribution in [0.15, 0.2) is 40.9 Å². The number of nitrogens with two attached hydrogens (primary N) is 1. The van der Waals surface area contributed by atoms with E-state index in [0.717, 1.165) is 32.5 Å². The fourth-order valence-corrected chi connectivity index (χ4v) is 2.82. The fourth-order valence-electron chi connectivity index (χ4n) is 2.45. The monoisotopic (exact) mass is 329 g/mol. The molecule has 0 radical (unpaired) electrons. The maximum Gasteiger partial charge on any atom is 0.141 e. The molecule has 2 aromatic carbocycles. The van der Waals surface area contributed by atoms with Gasteiger partial charge in [0.15, 0.2) is 0 Å². The van der Waals surface area contributed by atoms with E-state index < -0.39 is 0 Å². The summed E-state index contributed by atoms with van der Waals surface area (Å²) in [6.07, 6.45) is 0. The molecule has 0 bridgehead atoms. The Morgan fingerprint density at radius 2 is 2.05 bits per heavy atom. The van der Waals surface area contributed by atoms with E-state index in [1.54, 1.807) is 0 Å². The maximum atomic E-state index is 5.72. The lowest BCUT2D eigenvalue weighted by atomic mass is 10.1. The first-order valence-electron chi connectivity index (χ1n) is 6.52. The molecule has 1 heterocycles. The molecule has 2 N–H and O–H groups in total. The van der Waals surface area contributed by atoms with Crippen LogP contribution in [0.5, 0.6) is 0 Å². The van der Waals surface area contributed by atoms with Gasteiger partial charge < -0.3 is 10.3 Å². The number of hydrogen-bond donors (Lipinski definition) is 1. The van der Waals surface area contributed by atoms with Crippen molar-refractivity contribution < 1.29 is 0 Å². The molecule has 0 spiro atoms. The Hall–Kier alpha value is -1.65. The molecule has 0 unspecified atom stereocenters. The molecule has 4 heteroatoms. The van der Waals surface area contributed by atoms with Gasteiger partial charge in [-0.05, 0) is 36.2 Å². The highest BCUT2D eigenvalue weighted by Gasteiger charge is 2.13. The number of hydrogen-bond acceptors (Lipinski definition) is 2. The highest BCUT2D eigenvalue weighted by atomic mass is 79.9. The second-order valence-electron chi connectivity index (χ2n) is 4.93. The summed E-state index contributed by atoms with van der Waals surface area (Å²) >= 11 is 3.58. The van der Waals surface area contributed by atoms with Crippen LogP contribution >= 0.6 is 15.9 Å². The Bertz CT molecular complexity index is 790. The standard InChI is InChI=1S/C16H16BrN3/c1-10-12(4-3-5-13(10)17)16-19-14-7-6-11(9-18)8-15(14)20(16)2/h3-8H,9,18H2,1-2H3. The molecule has 20 heavy (non-hydrogen) atoms. The van der Waals surface area contributed by atoms with Gasteiger partial charge >= 0.3 is 0 Å². The van der Waals surface area contributed by atoms with Crippen LogP contribution in [0.4, 0.5) is 0 Å². The van der Waals surface area contributed by atoms with Crippen molar-refractivity contribution in [2.45, 2.75) is 13.5 Å². The zero-order valence-electron chi connectivity index (χ0n) is 11.5. The molecular weight excluding hydrogens is 314 g/mol. The molecule has 0 aliphatic heterocycles. The molecule has 0 saturated heterocycles. The topological polar surface area (TPSA) is 43.8 Å². The summed E-state index contributed by atoms with van der Waals surface area (Å²) in [7, 11) is 2.05. The van der Waals surface area contributed by atoms with Crippen LogP contribution in [0.2, 0.25) is 0 Å². The SMILES string of the molecule is Cc1c(Br)cccc1-c1nc2ccc(CN)cc2n1C. The van der Waals surface area contributed by atoms with E-state index in [1.165, 1.54) is 5.56 Å². The third-order valence-corrected chi connectivity index (χ3v) is 4.55. The van der Waals surface area contributed by atoms with E-state index in [2.05, 4.69) is 39.6 Å². The second kappa shape index (κ2) is 5.04. The molecule has 102 valence electrons. The third-order valence-electron chi connectivity index (χ3n) is 3.69. The van der Waals surface area contributed by atoms with Crippen molar-refractivity contribution in [1.29, 1.82) is 0 Å². The van der Waals surface area contributed by atoms with Gasteiger partial charge in [-0.25, -0.2) is 4.98 Å².